The van der Waals surface area contributed by atoms with Gasteiger partial charge in [0.1, 0.15) is 0 Å². The third kappa shape index (κ3) is 13.4. The van der Waals surface area contributed by atoms with Gasteiger partial charge in [0.2, 0.25) is 0 Å². The molecular formula is C17H21Cl2SiZr-3. The fourth-order valence-electron chi connectivity index (χ4n) is 1.41. The van der Waals surface area contributed by atoms with Gasteiger partial charge < -0.3 is 6.42 Å². The van der Waals surface area contributed by atoms with Crippen molar-refractivity contribution in [2.75, 3.05) is 0 Å². The minimum absolute atomic E-state index is 0. The van der Waals surface area contributed by atoms with E-state index in [4.69, 9.17) is 0 Å². The van der Waals surface area contributed by atoms with E-state index in [2.05, 4.69) is 61.5 Å². The van der Waals surface area contributed by atoms with E-state index in [1.807, 2.05) is 32.4 Å². The molecule has 1 aliphatic carbocycles. The van der Waals surface area contributed by atoms with Crippen LogP contribution in [0.3, 0.4) is 0 Å². The quantitative estimate of drug-likeness (QED) is 0.391. The molecule has 1 aliphatic rings. The van der Waals surface area contributed by atoms with Crippen molar-refractivity contribution in [2.24, 2.45) is 0 Å². The Hall–Kier alpha value is -0.0100. The summed E-state index contributed by atoms with van der Waals surface area (Å²) in [6, 6.07) is 14.7. The van der Waals surface area contributed by atoms with Gasteiger partial charge in [-0.25, -0.2) is 12.2 Å². The van der Waals surface area contributed by atoms with E-state index < -0.39 is 0 Å². The average molecular weight is 416 g/mol. The molecule has 0 amide bonds. The maximum absolute atomic E-state index is 3.06. The van der Waals surface area contributed by atoms with Gasteiger partial charge in [-0.1, -0.05) is 6.07 Å². The zero-order valence-electron chi connectivity index (χ0n) is 12.4. The van der Waals surface area contributed by atoms with Gasteiger partial charge in [0.15, 0.2) is 0 Å². The monoisotopic (exact) mass is 413 g/mol. The van der Waals surface area contributed by atoms with E-state index in [1.165, 1.54) is 34.1 Å². The molecule has 0 N–H and O–H groups in total. The largest absolute Gasteiger partial charge is 0.168 e. The summed E-state index contributed by atoms with van der Waals surface area (Å²) in [4.78, 5) is 0. The second-order valence-electron chi connectivity index (χ2n) is 3.74. The number of hydrogen-bond acceptors (Lipinski definition) is 0. The molecule has 4 heteroatoms. The normalized spacial score (nSPS) is 9.57. The predicted molar refractivity (Wildman–Crippen MR) is 97.0 cm³/mol. The van der Waals surface area contributed by atoms with E-state index in [-0.39, 0.29) is 24.8 Å². The molecule has 0 atom stereocenters. The zero-order valence-corrected chi connectivity index (χ0v) is 17.5. The first-order valence-electron chi connectivity index (χ1n) is 6.19. The summed E-state index contributed by atoms with van der Waals surface area (Å²) >= 11 is 1.36. The van der Waals surface area contributed by atoms with Gasteiger partial charge in [-0.15, -0.1) is 60.9 Å². The van der Waals surface area contributed by atoms with E-state index in [0.717, 1.165) is 6.42 Å². The maximum atomic E-state index is 3.06. The number of fused-ring (bicyclic) bond motifs is 1. The van der Waals surface area contributed by atoms with Crippen molar-refractivity contribution >= 4 is 42.5 Å². The minimum atomic E-state index is 0. The first-order valence-corrected chi connectivity index (χ1v) is 10.4. The van der Waals surface area contributed by atoms with Crippen LogP contribution in [0.2, 0.25) is 0 Å². The van der Waals surface area contributed by atoms with Crippen molar-refractivity contribution in [1.82, 2.24) is 0 Å². The number of benzene rings is 1. The van der Waals surface area contributed by atoms with Crippen molar-refractivity contribution in [3.8, 4) is 0 Å². The van der Waals surface area contributed by atoms with Crippen LogP contribution in [0.5, 0.6) is 0 Å². The molecule has 114 valence electrons. The van der Waals surface area contributed by atoms with Gasteiger partial charge in [-0.2, -0.15) is 37.4 Å². The molecule has 0 unspecified atom stereocenters. The molecule has 0 saturated heterocycles. The summed E-state index contributed by atoms with van der Waals surface area (Å²) in [5, 5.41) is 2.66. The Morgan fingerprint density at radius 2 is 1.76 bits per heavy atom. The van der Waals surface area contributed by atoms with Crippen LogP contribution in [0.4, 0.5) is 0 Å². The van der Waals surface area contributed by atoms with Crippen molar-refractivity contribution < 1.29 is 23.3 Å². The van der Waals surface area contributed by atoms with Crippen molar-refractivity contribution in [2.45, 2.75) is 20.3 Å². The van der Waals surface area contributed by atoms with Gasteiger partial charge in [0.05, 0.1) is 0 Å². The first kappa shape index (κ1) is 25.9. The number of halogens is 2. The van der Waals surface area contributed by atoms with Crippen LogP contribution in [0.25, 0.3) is 10.8 Å². The molecule has 0 fully saturated rings. The Balaban J connectivity index is -0.000000236. The molecule has 2 aromatic rings. The Kier molecular flexibility index (Phi) is 24.7. The molecule has 0 saturated carbocycles. The maximum Gasteiger partial charge on any atom is -0.0809 e. The third-order valence-corrected chi connectivity index (χ3v) is 2.13. The van der Waals surface area contributed by atoms with Gasteiger partial charge in [-0.05, 0) is 0 Å². The van der Waals surface area contributed by atoms with Crippen LogP contribution >= 0.6 is 24.8 Å². The van der Waals surface area contributed by atoms with E-state index in [9.17, 15) is 0 Å². The summed E-state index contributed by atoms with van der Waals surface area (Å²) in [5.41, 5.74) is 0. The topological polar surface area (TPSA) is 0 Å². The fourth-order valence-corrected chi connectivity index (χ4v) is 1.41. The minimum Gasteiger partial charge on any atom is -0.168 e. The van der Waals surface area contributed by atoms with Crippen LogP contribution in [-0.4, -0.2) is 6.88 Å². The van der Waals surface area contributed by atoms with E-state index in [1.54, 1.807) is 0 Å². The average Bonchev–Trinajstić information content (AvgIpc) is 3.16. The van der Waals surface area contributed by atoms with Gasteiger partial charge >= 0.3 is 30.2 Å². The molecule has 3 rings (SSSR count). The van der Waals surface area contributed by atoms with Gasteiger partial charge in [0, 0.05) is 0 Å². The molecule has 0 aliphatic heterocycles. The number of rotatable bonds is 0. The van der Waals surface area contributed by atoms with Gasteiger partial charge in [-0.3, -0.25) is 6.08 Å². The summed E-state index contributed by atoms with van der Waals surface area (Å²) < 4.78 is 0. The second-order valence-corrected chi connectivity index (χ2v) is 3.74. The van der Waals surface area contributed by atoms with Crippen LogP contribution in [0.15, 0.2) is 60.7 Å². The van der Waals surface area contributed by atoms with E-state index >= 15 is 0 Å². The summed E-state index contributed by atoms with van der Waals surface area (Å²) in [5.74, 6) is 0. The molecule has 0 aromatic heterocycles. The first-order chi connectivity index (χ1) is 9.38. The Bertz CT molecular complexity index is 452. The van der Waals surface area contributed by atoms with Crippen LogP contribution < -0.4 is 0 Å². The second kappa shape index (κ2) is 20.0. The van der Waals surface area contributed by atoms with Crippen LogP contribution in [0, 0.1) is 12.5 Å². The molecule has 0 nitrogen and oxygen atoms in total. The molecular weight excluding hydrogens is 394 g/mol. The van der Waals surface area contributed by atoms with Crippen molar-refractivity contribution in [3.63, 3.8) is 0 Å². The summed E-state index contributed by atoms with van der Waals surface area (Å²) in [6.45, 7) is 7.06. The Morgan fingerprint density at radius 3 is 2.19 bits per heavy atom. The fraction of sp³-hybridized carbons (Fsp3) is 0.176. The number of allylic oxidation sites excluding steroid dienone is 4. The SMILES string of the molecule is C[CH-]C.Cl.Cl.[C-]1=CC=CC1.[Si]=[Zr].c1ccc2[cH-]ccc2c1. The zero-order chi connectivity index (χ0) is 14.3. The van der Waals surface area contributed by atoms with Crippen molar-refractivity contribution in [1.29, 1.82) is 0 Å². The van der Waals surface area contributed by atoms with E-state index in [0.29, 0.717) is 0 Å². The molecule has 0 heterocycles. The Labute approximate surface area is 158 Å². The molecule has 0 bridgehead atoms. The third-order valence-electron chi connectivity index (χ3n) is 2.13. The smallest absolute Gasteiger partial charge is 0.0809 e. The predicted octanol–water partition coefficient (Wildman–Crippen LogP) is 5.56. The molecule has 2 aromatic carbocycles. The van der Waals surface area contributed by atoms with Crippen LogP contribution in [0.1, 0.15) is 20.3 Å². The Morgan fingerprint density at radius 1 is 1.14 bits per heavy atom. The summed E-state index contributed by atoms with van der Waals surface area (Å²) in [6.07, 6.45) is 12.0. The molecule has 0 spiro atoms. The number of hydrogen-bond donors (Lipinski definition) is 0. The standard InChI is InChI=1S/C9H7.C5H5.C3H7.2ClH.Si.Zr/c1-2-5-9-7-3-6-8(9)4-1;1-2-4-5-3-1;1-3-2;;;;/h1-7H;1-3H,4H2;3H,1-2H3;2*1H;;/q3*-1;;;;. The van der Waals surface area contributed by atoms with Crippen LogP contribution in [-0.2, 0) is 23.3 Å². The molecule has 21 heavy (non-hydrogen) atoms. The van der Waals surface area contributed by atoms with Gasteiger partial charge in [0.25, 0.3) is 0 Å². The molecule has 2 radical (unpaired) electrons. The summed E-state index contributed by atoms with van der Waals surface area (Å²) in [7, 11) is 0. The van der Waals surface area contributed by atoms with Crippen molar-refractivity contribution in [3.05, 3.63) is 73.2 Å².